The van der Waals surface area contributed by atoms with E-state index < -0.39 is 0 Å². The zero-order chi connectivity index (χ0) is 12.3. The van der Waals surface area contributed by atoms with Crippen LogP contribution in [-0.2, 0) is 4.79 Å². The minimum atomic E-state index is -0.300. The molecule has 1 N–H and O–H groups in total. The van der Waals surface area contributed by atoms with Crippen LogP contribution in [-0.4, -0.2) is 5.91 Å². The largest absolute Gasteiger partial charge is 0.323 e. The second kappa shape index (κ2) is 3.56. The van der Waals surface area contributed by atoms with E-state index in [0.29, 0.717) is 17.5 Å². The van der Waals surface area contributed by atoms with Crippen LogP contribution < -0.4 is 5.32 Å². The van der Waals surface area contributed by atoms with Crippen LogP contribution in [0.3, 0.4) is 0 Å². The third-order valence-corrected chi connectivity index (χ3v) is 5.13. The molecule has 1 aromatic rings. The normalized spacial score (nSPS) is 36.8. The summed E-state index contributed by atoms with van der Waals surface area (Å²) in [6, 6.07) is 5.05. The van der Waals surface area contributed by atoms with Gasteiger partial charge in [0.15, 0.2) is 0 Å². The van der Waals surface area contributed by atoms with Gasteiger partial charge in [-0.15, -0.1) is 0 Å². The molecule has 4 rings (SSSR count). The average Bonchev–Trinajstić information content (AvgIpc) is 3.02. The Balaban J connectivity index is 1.74. The molecule has 2 fully saturated rings. The molecule has 94 valence electrons. The predicted octanol–water partition coefficient (Wildman–Crippen LogP) is 3.30. The number of halogens is 1. The number of hydrogen-bond acceptors (Lipinski definition) is 1. The number of nitrogens with one attached hydrogen (secondary N) is 1. The fourth-order valence-electron chi connectivity index (χ4n) is 4.40. The summed E-state index contributed by atoms with van der Waals surface area (Å²) in [6.45, 7) is 0. The number of para-hydroxylation sites is 1. The van der Waals surface area contributed by atoms with E-state index in [1.165, 1.54) is 25.3 Å². The number of carbonyl (C=O) groups excluding carboxylic acids is 1. The maximum absolute atomic E-state index is 13.7. The highest BCUT2D eigenvalue weighted by atomic mass is 19.1. The van der Waals surface area contributed by atoms with E-state index in [9.17, 15) is 9.18 Å². The van der Waals surface area contributed by atoms with E-state index in [1.54, 1.807) is 6.07 Å². The Morgan fingerprint density at radius 1 is 1.22 bits per heavy atom. The van der Waals surface area contributed by atoms with Gasteiger partial charge in [-0.2, -0.15) is 0 Å². The molecule has 1 amide bonds. The fraction of sp³-hybridized carbons (Fsp3) is 0.533. The zero-order valence-corrected chi connectivity index (χ0v) is 10.2. The number of amides is 1. The van der Waals surface area contributed by atoms with Crippen LogP contribution in [0.15, 0.2) is 18.2 Å². The molecule has 0 saturated heterocycles. The second-order valence-electron chi connectivity index (χ2n) is 6.01. The van der Waals surface area contributed by atoms with E-state index in [4.69, 9.17) is 0 Å². The minimum absolute atomic E-state index is 0.00708. The lowest BCUT2D eigenvalue weighted by atomic mass is 9.77. The first kappa shape index (κ1) is 10.5. The monoisotopic (exact) mass is 245 g/mol. The van der Waals surface area contributed by atoms with Crippen molar-refractivity contribution < 1.29 is 9.18 Å². The van der Waals surface area contributed by atoms with Crippen molar-refractivity contribution in [3.63, 3.8) is 0 Å². The van der Waals surface area contributed by atoms with Crippen molar-refractivity contribution >= 4 is 11.6 Å². The maximum Gasteiger partial charge on any atom is 0.232 e. The van der Waals surface area contributed by atoms with Crippen LogP contribution in [0.4, 0.5) is 10.1 Å². The number of carbonyl (C=O) groups is 1. The lowest BCUT2D eigenvalue weighted by Gasteiger charge is -2.26. The Morgan fingerprint density at radius 3 is 2.83 bits per heavy atom. The molecule has 2 saturated carbocycles. The minimum Gasteiger partial charge on any atom is -0.323 e. The summed E-state index contributed by atoms with van der Waals surface area (Å²) < 4.78 is 13.7. The Labute approximate surface area is 106 Å². The van der Waals surface area contributed by atoms with E-state index in [2.05, 4.69) is 5.32 Å². The fourth-order valence-corrected chi connectivity index (χ4v) is 4.40. The van der Waals surface area contributed by atoms with Gasteiger partial charge in [-0.05, 0) is 48.6 Å². The molecule has 0 radical (unpaired) electrons. The molecule has 3 heteroatoms. The first-order valence-corrected chi connectivity index (χ1v) is 6.83. The van der Waals surface area contributed by atoms with Gasteiger partial charge in [-0.3, -0.25) is 4.79 Å². The summed E-state index contributed by atoms with van der Waals surface area (Å²) in [5.74, 6) is 1.53. The number of anilines is 1. The molecule has 0 spiro atoms. The standard InChI is InChI=1S/C15H16FNO/c16-12-3-1-2-10-13(15(18)17-14(10)12)11-7-8-4-5-9(11)6-8/h1-3,8-9,11,13H,4-7H2,(H,17,18). The Hall–Kier alpha value is -1.38. The lowest BCUT2D eigenvalue weighted by molar-refractivity contribution is -0.118. The molecule has 18 heavy (non-hydrogen) atoms. The van der Waals surface area contributed by atoms with Crippen LogP contribution in [0.2, 0.25) is 0 Å². The number of benzene rings is 1. The van der Waals surface area contributed by atoms with Gasteiger partial charge in [0.2, 0.25) is 5.91 Å². The van der Waals surface area contributed by atoms with Gasteiger partial charge >= 0.3 is 0 Å². The number of rotatable bonds is 1. The summed E-state index contributed by atoms with van der Waals surface area (Å²) in [6.07, 6.45) is 5.01. The third kappa shape index (κ3) is 1.30. The van der Waals surface area contributed by atoms with Gasteiger partial charge in [0.25, 0.3) is 0 Å². The molecule has 3 aliphatic rings. The van der Waals surface area contributed by atoms with E-state index in [1.807, 2.05) is 6.07 Å². The SMILES string of the molecule is O=C1Nc2c(F)cccc2C1C1CC2CCC1C2. The zero-order valence-electron chi connectivity index (χ0n) is 10.2. The summed E-state index contributed by atoms with van der Waals surface area (Å²) >= 11 is 0. The second-order valence-corrected chi connectivity index (χ2v) is 6.01. The maximum atomic E-state index is 13.7. The van der Waals surface area contributed by atoms with Gasteiger partial charge in [0.05, 0.1) is 11.6 Å². The molecule has 1 aromatic carbocycles. The predicted molar refractivity (Wildman–Crippen MR) is 66.7 cm³/mol. The van der Waals surface area contributed by atoms with Gasteiger partial charge in [0, 0.05) is 0 Å². The van der Waals surface area contributed by atoms with Crippen LogP contribution in [0.1, 0.15) is 37.2 Å². The highest BCUT2D eigenvalue weighted by Gasteiger charge is 2.48. The highest BCUT2D eigenvalue weighted by Crippen LogP contribution is 2.55. The van der Waals surface area contributed by atoms with Crippen molar-refractivity contribution in [1.29, 1.82) is 0 Å². The molecule has 1 aliphatic heterocycles. The van der Waals surface area contributed by atoms with E-state index in [0.717, 1.165) is 17.9 Å². The van der Waals surface area contributed by atoms with Gasteiger partial charge < -0.3 is 5.32 Å². The van der Waals surface area contributed by atoms with Crippen molar-refractivity contribution in [3.8, 4) is 0 Å². The molecule has 0 aromatic heterocycles. The summed E-state index contributed by atoms with van der Waals surface area (Å²) in [7, 11) is 0. The Bertz CT molecular complexity index is 527. The van der Waals surface area contributed by atoms with Gasteiger partial charge in [0.1, 0.15) is 5.82 Å². The molecule has 4 unspecified atom stereocenters. The Morgan fingerprint density at radius 2 is 2.11 bits per heavy atom. The Kier molecular flexibility index (Phi) is 2.08. The van der Waals surface area contributed by atoms with Crippen molar-refractivity contribution in [2.75, 3.05) is 5.32 Å². The van der Waals surface area contributed by atoms with E-state index >= 15 is 0 Å². The summed E-state index contributed by atoms with van der Waals surface area (Å²) in [5.41, 5.74) is 1.31. The van der Waals surface area contributed by atoms with Crippen molar-refractivity contribution in [3.05, 3.63) is 29.6 Å². The highest BCUT2D eigenvalue weighted by molar-refractivity contribution is 6.03. The van der Waals surface area contributed by atoms with Crippen LogP contribution in [0.25, 0.3) is 0 Å². The molecular formula is C15H16FNO. The van der Waals surface area contributed by atoms with Crippen molar-refractivity contribution in [2.24, 2.45) is 17.8 Å². The quantitative estimate of drug-likeness (QED) is 0.808. The molecule has 2 bridgehead atoms. The van der Waals surface area contributed by atoms with Gasteiger partial charge in [-0.1, -0.05) is 18.6 Å². The summed E-state index contributed by atoms with van der Waals surface area (Å²) in [5, 5.41) is 2.74. The molecule has 1 heterocycles. The average molecular weight is 245 g/mol. The van der Waals surface area contributed by atoms with Gasteiger partial charge in [-0.25, -0.2) is 4.39 Å². The van der Waals surface area contributed by atoms with Crippen LogP contribution in [0, 0.1) is 23.6 Å². The van der Waals surface area contributed by atoms with E-state index in [-0.39, 0.29) is 17.6 Å². The van der Waals surface area contributed by atoms with Crippen molar-refractivity contribution in [1.82, 2.24) is 0 Å². The lowest BCUT2D eigenvalue weighted by Crippen LogP contribution is -2.25. The molecule has 2 nitrogen and oxygen atoms in total. The number of hydrogen-bond donors (Lipinski definition) is 1. The summed E-state index contributed by atoms with van der Waals surface area (Å²) in [4.78, 5) is 12.2. The molecule has 4 atom stereocenters. The number of fused-ring (bicyclic) bond motifs is 3. The molecule has 2 aliphatic carbocycles. The first-order valence-electron chi connectivity index (χ1n) is 6.83. The topological polar surface area (TPSA) is 29.1 Å². The van der Waals surface area contributed by atoms with Crippen LogP contribution in [0.5, 0.6) is 0 Å². The van der Waals surface area contributed by atoms with Crippen molar-refractivity contribution in [2.45, 2.75) is 31.6 Å². The van der Waals surface area contributed by atoms with Crippen LogP contribution >= 0.6 is 0 Å². The smallest absolute Gasteiger partial charge is 0.232 e. The molecular weight excluding hydrogens is 229 g/mol. The first-order chi connectivity index (χ1) is 8.74. The third-order valence-electron chi connectivity index (χ3n) is 5.13.